The maximum absolute atomic E-state index is 10.6. The van der Waals surface area contributed by atoms with E-state index in [1.54, 1.807) is 0 Å². The van der Waals surface area contributed by atoms with Crippen LogP contribution < -0.4 is 0 Å². The van der Waals surface area contributed by atoms with E-state index in [9.17, 15) is 4.79 Å². The van der Waals surface area contributed by atoms with E-state index in [2.05, 4.69) is 27.7 Å². The number of rotatable bonds is 2. The van der Waals surface area contributed by atoms with E-state index in [0.717, 1.165) is 0 Å². The largest absolute Gasteiger partial charge is 0.478 e. The molecule has 0 aromatic rings. The Kier molecular flexibility index (Phi) is 3.27. The highest BCUT2D eigenvalue weighted by Gasteiger charge is 2.42. The van der Waals surface area contributed by atoms with E-state index < -0.39 is 5.97 Å². The molecular weight excluding hydrogens is 188 g/mol. The van der Waals surface area contributed by atoms with Gasteiger partial charge in [0.2, 0.25) is 0 Å². The van der Waals surface area contributed by atoms with Gasteiger partial charge in [0.05, 0.1) is 0 Å². The van der Waals surface area contributed by atoms with E-state index in [-0.39, 0.29) is 10.8 Å². The van der Waals surface area contributed by atoms with E-state index in [0.29, 0.717) is 5.92 Å². The molecule has 1 N–H and O–H groups in total. The van der Waals surface area contributed by atoms with Crippen molar-refractivity contribution in [2.24, 2.45) is 16.7 Å². The smallest absolute Gasteiger partial charge is 0.327 e. The second-order valence-electron chi connectivity index (χ2n) is 6.01. The van der Waals surface area contributed by atoms with E-state index >= 15 is 0 Å². The van der Waals surface area contributed by atoms with Crippen LogP contribution in [-0.2, 0) is 4.79 Å². The van der Waals surface area contributed by atoms with Gasteiger partial charge in [-0.05, 0) is 29.6 Å². The molecular formula is C13H22O2. The maximum atomic E-state index is 10.6. The Balaban J connectivity index is 2.91. The second kappa shape index (κ2) is 3.99. The molecule has 1 rings (SSSR count). The Morgan fingerprint density at radius 1 is 1.20 bits per heavy atom. The predicted octanol–water partition coefficient (Wildman–Crippen LogP) is 3.48. The van der Waals surface area contributed by atoms with Crippen LogP contribution in [0, 0.1) is 16.7 Å². The molecule has 1 aliphatic rings. The molecule has 0 heterocycles. The summed E-state index contributed by atoms with van der Waals surface area (Å²) in [5.74, 6) is -0.484. The van der Waals surface area contributed by atoms with Gasteiger partial charge in [-0.1, -0.05) is 40.2 Å². The molecule has 2 nitrogen and oxygen atoms in total. The molecule has 0 atom stereocenters. The first-order chi connectivity index (χ1) is 6.76. The quantitative estimate of drug-likeness (QED) is 0.708. The third-order valence-electron chi connectivity index (χ3n) is 3.76. The third-order valence-corrected chi connectivity index (χ3v) is 3.76. The molecule has 0 aromatic carbocycles. The van der Waals surface area contributed by atoms with Gasteiger partial charge in [0.1, 0.15) is 0 Å². The topological polar surface area (TPSA) is 37.3 Å². The van der Waals surface area contributed by atoms with E-state index in [1.807, 2.05) is 6.08 Å². The molecule has 2 heteroatoms. The highest BCUT2D eigenvalue weighted by atomic mass is 16.4. The minimum atomic E-state index is -0.841. The van der Waals surface area contributed by atoms with Crippen molar-refractivity contribution in [3.05, 3.63) is 12.2 Å². The first kappa shape index (κ1) is 12.3. The van der Waals surface area contributed by atoms with Crippen LogP contribution in [0.2, 0.25) is 0 Å². The minimum absolute atomic E-state index is 0.216. The highest BCUT2D eigenvalue weighted by molar-refractivity contribution is 5.79. The first-order valence-electron chi connectivity index (χ1n) is 5.67. The monoisotopic (exact) mass is 210 g/mol. The van der Waals surface area contributed by atoms with Crippen LogP contribution >= 0.6 is 0 Å². The number of carboxylic acids is 1. The van der Waals surface area contributed by atoms with Crippen molar-refractivity contribution in [2.75, 3.05) is 0 Å². The van der Waals surface area contributed by atoms with Crippen molar-refractivity contribution in [1.82, 2.24) is 0 Å². The number of hydrogen-bond acceptors (Lipinski definition) is 1. The fourth-order valence-corrected chi connectivity index (χ4v) is 3.07. The second-order valence-corrected chi connectivity index (χ2v) is 6.01. The number of carbonyl (C=O) groups is 1. The molecule has 0 spiro atoms. The minimum Gasteiger partial charge on any atom is -0.478 e. The molecule has 0 aromatic heterocycles. The van der Waals surface area contributed by atoms with Crippen LogP contribution in [0.5, 0.6) is 0 Å². The summed E-state index contributed by atoms with van der Waals surface area (Å²) in [6.45, 7) is 8.96. The average Bonchev–Trinajstić information content (AvgIpc) is 1.99. The Bertz CT molecular complexity index is 258. The average molecular weight is 210 g/mol. The summed E-state index contributed by atoms with van der Waals surface area (Å²) in [5, 5.41) is 8.70. The molecule has 15 heavy (non-hydrogen) atoms. The van der Waals surface area contributed by atoms with Crippen molar-refractivity contribution < 1.29 is 9.90 Å². The van der Waals surface area contributed by atoms with Crippen LogP contribution in [-0.4, -0.2) is 11.1 Å². The fraction of sp³-hybridized carbons (Fsp3) is 0.769. The molecule has 0 bridgehead atoms. The fourth-order valence-electron chi connectivity index (χ4n) is 3.07. The van der Waals surface area contributed by atoms with Crippen LogP contribution in [0.3, 0.4) is 0 Å². The molecule has 0 amide bonds. The van der Waals surface area contributed by atoms with Gasteiger partial charge in [-0.15, -0.1) is 0 Å². The zero-order valence-electron chi connectivity index (χ0n) is 10.2. The summed E-state index contributed by atoms with van der Waals surface area (Å²) in [4.78, 5) is 10.6. The molecule has 1 fully saturated rings. The maximum Gasteiger partial charge on any atom is 0.327 e. The zero-order chi connectivity index (χ0) is 11.7. The van der Waals surface area contributed by atoms with Crippen LogP contribution in [0.4, 0.5) is 0 Å². The summed E-state index contributed by atoms with van der Waals surface area (Å²) < 4.78 is 0. The van der Waals surface area contributed by atoms with Crippen LogP contribution in [0.1, 0.15) is 47.0 Å². The lowest BCUT2D eigenvalue weighted by Crippen LogP contribution is -2.39. The van der Waals surface area contributed by atoms with Gasteiger partial charge >= 0.3 is 5.97 Å². The third kappa shape index (κ3) is 2.83. The summed E-state index contributed by atoms with van der Waals surface area (Å²) in [6, 6.07) is 0. The summed E-state index contributed by atoms with van der Waals surface area (Å²) >= 11 is 0. The van der Waals surface area contributed by atoms with Gasteiger partial charge in [-0.3, -0.25) is 0 Å². The lowest BCUT2D eigenvalue weighted by molar-refractivity contribution is -0.131. The number of aliphatic carboxylic acids is 1. The molecule has 0 unspecified atom stereocenters. The van der Waals surface area contributed by atoms with Crippen molar-refractivity contribution in [2.45, 2.75) is 47.0 Å². The van der Waals surface area contributed by atoms with Crippen LogP contribution in [0.25, 0.3) is 0 Å². The Morgan fingerprint density at radius 3 is 2.07 bits per heavy atom. The molecule has 86 valence electrons. The van der Waals surface area contributed by atoms with E-state index in [4.69, 9.17) is 5.11 Å². The van der Waals surface area contributed by atoms with Gasteiger partial charge in [0, 0.05) is 6.08 Å². The van der Waals surface area contributed by atoms with Crippen LogP contribution in [0.15, 0.2) is 12.2 Å². The normalized spacial score (nSPS) is 25.6. The summed E-state index contributed by atoms with van der Waals surface area (Å²) in [7, 11) is 0. The summed E-state index contributed by atoms with van der Waals surface area (Å²) in [5.41, 5.74) is 0.432. The Hall–Kier alpha value is -0.790. The lowest BCUT2D eigenvalue weighted by Gasteiger charge is -2.48. The van der Waals surface area contributed by atoms with Gasteiger partial charge < -0.3 is 5.11 Å². The van der Waals surface area contributed by atoms with E-state index in [1.165, 1.54) is 25.3 Å². The molecule has 0 saturated heterocycles. The summed E-state index contributed by atoms with van der Waals surface area (Å²) in [6.07, 6.45) is 6.81. The number of carboxylic acid groups (broad SMARTS) is 1. The number of hydrogen-bond donors (Lipinski definition) is 1. The Morgan fingerprint density at radius 2 is 1.67 bits per heavy atom. The van der Waals surface area contributed by atoms with Gasteiger partial charge in [-0.2, -0.15) is 0 Å². The molecule has 0 radical (unpaired) electrons. The Labute approximate surface area is 92.4 Å². The van der Waals surface area contributed by atoms with Crippen molar-refractivity contribution in [3.63, 3.8) is 0 Å². The molecule has 1 saturated carbocycles. The lowest BCUT2D eigenvalue weighted by atomic mass is 9.57. The van der Waals surface area contributed by atoms with Gasteiger partial charge in [-0.25, -0.2) is 4.79 Å². The predicted molar refractivity (Wildman–Crippen MR) is 61.7 cm³/mol. The van der Waals surface area contributed by atoms with Gasteiger partial charge in [0.25, 0.3) is 0 Å². The number of allylic oxidation sites excluding steroid dienone is 1. The van der Waals surface area contributed by atoms with Crippen molar-refractivity contribution >= 4 is 5.97 Å². The zero-order valence-corrected chi connectivity index (χ0v) is 10.2. The standard InChI is InChI=1S/C13H22O2/c1-12(2)8-5-9-13(3,4)10(12)6-7-11(14)15/h6-7,10H,5,8-9H2,1-4H3,(H,14,15). The van der Waals surface area contributed by atoms with Gasteiger partial charge in [0.15, 0.2) is 0 Å². The van der Waals surface area contributed by atoms with Crippen molar-refractivity contribution in [1.29, 1.82) is 0 Å². The van der Waals surface area contributed by atoms with Crippen molar-refractivity contribution in [3.8, 4) is 0 Å². The first-order valence-corrected chi connectivity index (χ1v) is 5.67. The molecule has 0 aliphatic heterocycles. The molecule has 1 aliphatic carbocycles. The highest BCUT2D eigenvalue weighted by Crippen LogP contribution is 2.51. The SMILES string of the molecule is CC1(C)CCCC(C)(C)C1C=CC(=O)O.